The molecule has 0 radical (unpaired) electrons. The lowest BCUT2D eigenvalue weighted by Gasteiger charge is -2.17. The van der Waals surface area contributed by atoms with Gasteiger partial charge >= 0.3 is 12.1 Å². The van der Waals surface area contributed by atoms with Gasteiger partial charge < -0.3 is 0 Å². The van der Waals surface area contributed by atoms with Gasteiger partial charge in [0.15, 0.2) is 0 Å². The van der Waals surface area contributed by atoms with Crippen LogP contribution in [0.1, 0.15) is 30.5 Å². The van der Waals surface area contributed by atoms with Gasteiger partial charge in [0, 0.05) is 4.88 Å². The Morgan fingerprint density at radius 3 is 1.92 bits per heavy atom. The van der Waals surface area contributed by atoms with E-state index in [1.807, 2.05) is 0 Å². The minimum Gasteiger partial charge on any atom is -0.269 e. The van der Waals surface area contributed by atoms with Crippen molar-refractivity contribution in [3.8, 4) is 0 Å². The summed E-state index contributed by atoms with van der Waals surface area (Å²) < 4.78 is 63.7. The number of alkyl halides is 5. The van der Waals surface area contributed by atoms with E-state index in [9.17, 15) is 31.5 Å². The number of benzene rings is 1. The summed E-state index contributed by atoms with van der Waals surface area (Å²) >= 11 is 0.220. The number of halogens is 5. The van der Waals surface area contributed by atoms with E-state index in [0.29, 0.717) is 6.07 Å². The molecule has 0 bridgehead atoms. The predicted octanol–water partition coefficient (Wildman–Crippen LogP) is 4.20. The SMILES string of the molecule is O=C1c2ccccc2C(=O)N1Cc1ccc(C(F)(F)C(F)(F)F)s1. The van der Waals surface area contributed by atoms with Crippen molar-refractivity contribution in [2.24, 2.45) is 0 Å². The van der Waals surface area contributed by atoms with Crippen LogP contribution >= 0.6 is 11.3 Å². The van der Waals surface area contributed by atoms with Crippen molar-refractivity contribution in [2.75, 3.05) is 0 Å². The zero-order valence-corrected chi connectivity index (χ0v) is 12.5. The maximum absolute atomic E-state index is 13.3. The highest BCUT2D eigenvalue weighted by Gasteiger charge is 2.59. The van der Waals surface area contributed by atoms with Crippen molar-refractivity contribution in [1.82, 2.24) is 4.90 Å². The van der Waals surface area contributed by atoms with Crippen molar-refractivity contribution in [3.05, 3.63) is 57.3 Å². The highest BCUT2D eigenvalue weighted by atomic mass is 32.1. The van der Waals surface area contributed by atoms with Crippen LogP contribution in [0.5, 0.6) is 0 Å². The molecule has 2 heterocycles. The highest BCUT2D eigenvalue weighted by Crippen LogP contribution is 2.46. The predicted molar refractivity (Wildman–Crippen MR) is 74.9 cm³/mol. The summed E-state index contributed by atoms with van der Waals surface area (Å²) in [6.45, 7) is -0.356. The van der Waals surface area contributed by atoms with Crippen LogP contribution in [0.15, 0.2) is 36.4 Å². The Labute approximate surface area is 136 Å². The fraction of sp³-hybridized carbons (Fsp3) is 0.200. The lowest BCUT2D eigenvalue weighted by Crippen LogP contribution is -2.32. The van der Waals surface area contributed by atoms with E-state index >= 15 is 0 Å². The Morgan fingerprint density at radius 1 is 0.875 bits per heavy atom. The molecule has 1 aromatic heterocycles. The molecule has 2 amide bonds. The van der Waals surface area contributed by atoms with Gasteiger partial charge in [0.2, 0.25) is 0 Å². The van der Waals surface area contributed by atoms with Gasteiger partial charge in [-0.2, -0.15) is 22.0 Å². The van der Waals surface area contributed by atoms with Gasteiger partial charge in [-0.25, -0.2) is 0 Å². The summed E-state index contributed by atoms with van der Waals surface area (Å²) in [7, 11) is 0. The molecule has 126 valence electrons. The molecule has 0 spiro atoms. The van der Waals surface area contributed by atoms with Crippen molar-refractivity contribution in [2.45, 2.75) is 18.6 Å². The average Bonchev–Trinajstić information content (AvgIpc) is 3.07. The molecule has 9 heteroatoms. The van der Waals surface area contributed by atoms with Crippen LogP contribution in [-0.4, -0.2) is 22.9 Å². The molecule has 0 N–H and O–H groups in total. The summed E-state index contributed by atoms with van der Waals surface area (Å²) in [5.41, 5.74) is 0.361. The van der Waals surface area contributed by atoms with Gasteiger partial charge in [-0.3, -0.25) is 14.5 Å². The topological polar surface area (TPSA) is 37.4 Å². The standard InChI is InChI=1S/C15H8F5NO2S/c16-14(17,15(18,19)20)11-6-5-8(24-11)7-21-12(22)9-3-1-2-4-10(9)13(21)23/h1-6H,7H2. The Bertz CT molecular complexity index is 792. The Balaban J connectivity index is 1.85. The molecule has 0 aliphatic carbocycles. The number of imide groups is 1. The fourth-order valence-corrected chi connectivity index (χ4v) is 3.30. The number of hydrogen-bond donors (Lipinski definition) is 0. The van der Waals surface area contributed by atoms with Crippen LogP contribution in [0.2, 0.25) is 0 Å². The van der Waals surface area contributed by atoms with E-state index in [0.717, 1.165) is 11.0 Å². The second-order valence-corrected chi connectivity index (χ2v) is 6.25. The first-order valence-electron chi connectivity index (χ1n) is 6.62. The van der Waals surface area contributed by atoms with Crippen LogP contribution in [0.3, 0.4) is 0 Å². The van der Waals surface area contributed by atoms with Crippen molar-refractivity contribution < 1.29 is 31.5 Å². The number of hydrogen-bond acceptors (Lipinski definition) is 3. The molecule has 1 aromatic carbocycles. The first-order valence-corrected chi connectivity index (χ1v) is 7.43. The second kappa shape index (κ2) is 5.37. The molecule has 0 saturated carbocycles. The molecule has 0 atom stereocenters. The molecular weight excluding hydrogens is 353 g/mol. The van der Waals surface area contributed by atoms with E-state index < -0.39 is 28.8 Å². The number of amides is 2. The van der Waals surface area contributed by atoms with E-state index in [1.165, 1.54) is 12.1 Å². The molecule has 0 unspecified atom stereocenters. The number of fused-ring (bicyclic) bond motifs is 1. The maximum Gasteiger partial charge on any atom is 0.458 e. The summed E-state index contributed by atoms with van der Waals surface area (Å²) in [6, 6.07) is 7.76. The molecule has 1 aliphatic heterocycles. The van der Waals surface area contributed by atoms with Gasteiger partial charge in [-0.15, -0.1) is 11.3 Å². The smallest absolute Gasteiger partial charge is 0.269 e. The first-order chi connectivity index (χ1) is 11.1. The van der Waals surface area contributed by atoms with E-state index in [4.69, 9.17) is 0 Å². The monoisotopic (exact) mass is 361 g/mol. The zero-order valence-electron chi connectivity index (χ0n) is 11.7. The summed E-state index contributed by atoms with van der Waals surface area (Å²) in [5.74, 6) is -6.18. The van der Waals surface area contributed by atoms with E-state index in [2.05, 4.69) is 0 Å². The Hall–Kier alpha value is -2.29. The number of rotatable bonds is 3. The van der Waals surface area contributed by atoms with Crippen LogP contribution in [-0.2, 0) is 12.5 Å². The summed E-state index contributed by atoms with van der Waals surface area (Å²) in [4.78, 5) is 24.0. The lowest BCUT2D eigenvalue weighted by atomic mass is 10.1. The molecule has 0 fully saturated rings. The van der Waals surface area contributed by atoms with E-state index in [-0.39, 0.29) is 33.9 Å². The number of nitrogens with zero attached hydrogens (tertiary/aromatic N) is 1. The molecule has 1 aliphatic rings. The maximum atomic E-state index is 13.3. The summed E-state index contributed by atoms with van der Waals surface area (Å²) in [6.07, 6.45) is -5.70. The summed E-state index contributed by atoms with van der Waals surface area (Å²) in [5, 5.41) is 0. The zero-order chi connectivity index (χ0) is 17.7. The van der Waals surface area contributed by atoms with Gasteiger partial charge in [0.25, 0.3) is 11.8 Å². The van der Waals surface area contributed by atoms with Crippen molar-refractivity contribution >= 4 is 23.2 Å². The largest absolute Gasteiger partial charge is 0.458 e. The molecule has 2 aromatic rings. The second-order valence-electron chi connectivity index (χ2n) is 5.08. The third kappa shape index (κ3) is 2.48. The minimum absolute atomic E-state index is 0.0587. The Morgan fingerprint density at radius 2 is 1.42 bits per heavy atom. The number of carbonyl (C=O) groups is 2. The third-order valence-corrected chi connectivity index (χ3v) is 4.66. The van der Waals surface area contributed by atoms with Crippen LogP contribution in [0, 0.1) is 0 Å². The molecule has 3 nitrogen and oxygen atoms in total. The van der Waals surface area contributed by atoms with Crippen LogP contribution < -0.4 is 0 Å². The fourth-order valence-electron chi connectivity index (χ4n) is 2.31. The van der Waals surface area contributed by atoms with Gasteiger partial charge in [0.1, 0.15) is 0 Å². The van der Waals surface area contributed by atoms with Crippen molar-refractivity contribution in [1.29, 1.82) is 0 Å². The first kappa shape index (κ1) is 16.6. The van der Waals surface area contributed by atoms with Crippen LogP contribution in [0.25, 0.3) is 0 Å². The Kier molecular flexibility index (Phi) is 3.71. The van der Waals surface area contributed by atoms with E-state index in [1.54, 1.807) is 12.1 Å². The minimum atomic E-state index is -5.70. The molecule has 0 saturated heterocycles. The van der Waals surface area contributed by atoms with Crippen LogP contribution in [0.4, 0.5) is 22.0 Å². The molecule has 24 heavy (non-hydrogen) atoms. The highest BCUT2D eigenvalue weighted by molar-refractivity contribution is 7.12. The molecule has 3 rings (SSSR count). The number of carbonyl (C=O) groups excluding carboxylic acids is 2. The number of thiophene rings is 1. The normalized spacial score (nSPS) is 15.1. The van der Waals surface area contributed by atoms with Crippen molar-refractivity contribution in [3.63, 3.8) is 0 Å². The molecular formula is C15H8F5NO2S. The average molecular weight is 361 g/mol. The quantitative estimate of drug-likeness (QED) is 0.607. The van der Waals surface area contributed by atoms with Gasteiger partial charge in [0.05, 0.1) is 22.5 Å². The van der Waals surface area contributed by atoms with Gasteiger partial charge in [-0.1, -0.05) is 12.1 Å². The lowest BCUT2D eigenvalue weighted by molar-refractivity contribution is -0.287. The third-order valence-electron chi connectivity index (χ3n) is 3.52. The van der Waals surface area contributed by atoms with Gasteiger partial charge in [-0.05, 0) is 24.3 Å².